The van der Waals surface area contributed by atoms with Crippen molar-refractivity contribution in [3.8, 4) is 5.88 Å². The van der Waals surface area contributed by atoms with Gasteiger partial charge in [0.25, 0.3) is 0 Å². The first-order valence-corrected chi connectivity index (χ1v) is 7.61. The molecule has 0 aromatic carbocycles. The third-order valence-electron chi connectivity index (χ3n) is 3.54. The molecule has 4 heteroatoms. The predicted octanol–water partition coefficient (Wildman–Crippen LogP) is 2.74. The maximum Gasteiger partial charge on any atom is 0.213 e. The van der Waals surface area contributed by atoms with E-state index in [1.54, 1.807) is 0 Å². The summed E-state index contributed by atoms with van der Waals surface area (Å²) in [5.41, 5.74) is 2.34. The Morgan fingerprint density at radius 2 is 2.00 bits per heavy atom. The number of aromatic nitrogens is 2. The van der Waals surface area contributed by atoms with E-state index < -0.39 is 0 Å². The van der Waals surface area contributed by atoms with Crippen LogP contribution in [0.25, 0.3) is 0 Å². The maximum atomic E-state index is 5.74. The first-order valence-electron chi connectivity index (χ1n) is 7.61. The Labute approximate surface area is 125 Å². The zero-order chi connectivity index (χ0) is 14.3. The largest absolute Gasteiger partial charge is 0.478 e. The monoisotopic (exact) mass is 283 g/mol. The van der Waals surface area contributed by atoms with Crippen molar-refractivity contribution in [3.63, 3.8) is 0 Å². The van der Waals surface area contributed by atoms with Crippen molar-refractivity contribution in [3.05, 3.63) is 54.0 Å². The van der Waals surface area contributed by atoms with Crippen LogP contribution in [0.5, 0.6) is 5.88 Å². The van der Waals surface area contributed by atoms with Crippen LogP contribution in [-0.4, -0.2) is 22.6 Å². The Kier molecular flexibility index (Phi) is 4.79. The van der Waals surface area contributed by atoms with Gasteiger partial charge in [0.05, 0.1) is 12.3 Å². The second-order valence-corrected chi connectivity index (χ2v) is 5.43. The third kappa shape index (κ3) is 4.83. The summed E-state index contributed by atoms with van der Waals surface area (Å²) in [6.07, 6.45) is 8.24. The van der Waals surface area contributed by atoms with Crippen molar-refractivity contribution in [2.45, 2.75) is 38.3 Å². The second-order valence-electron chi connectivity index (χ2n) is 5.43. The molecule has 2 aromatic heterocycles. The average Bonchev–Trinajstić information content (AvgIpc) is 3.35. The van der Waals surface area contributed by atoms with Crippen LogP contribution in [0, 0.1) is 0 Å². The standard InChI is InChI=1S/C17H21N3O/c1-4-16(13-19-15-6-7-15)20-17(5-1)21-12-2-3-14-8-10-18-11-9-14/h1,4-5,8-11,15,19H,2-3,6-7,12-13H2. The molecule has 1 fully saturated rings. The number of ether oxygens (including phenoxy) is 1. The van der Waals surface area contributed by atoms with Crippen LogP contribution in [-0.2, 0) is 13.0 Å². The van der Waals surface area contributed by atoms with Crippen LogP contribution in [0.1, 0.15) is 30.5 Å². The van der Waals surface area contributed by atoms with E-state index in [-0.39, 0.29) is 0 Å². The van der Waals surface area contributed by atoms with E-state index in [2.05, 4.69) is 15.3 Å². The van der Waals surface area contributed by atoms with Gasteiger partial charge in [0.1, 0.15) is 0 Å². The molecule has 0 saturated heterocycles. The lowest BCUT2D eigenvalue weighted by Gasteiger charge is -2.07. The van der Waals surface area contributed by atoms with Crippen molar-refractivity contribution >= 4 is 0 Å². The zero-order valence-corrected chi connectivity index (χ0v) is 12.2. The topological polar surface area (TPSA) is 47.0 Å². The van der Waals surface area contributed by atoms with Crippen molar-refractivity contribution in [2.24, 2.45) is 0 Å². The van der Waals surface area contributed by atoms with Gasteiger partial charge in [-0.25, -0.2) is 4.98 Å². The fourth-order valence-corrected chi connectivity index (χ4v) is 2.18. The van der Waals surface area contributed by atoms with E-state index in [1.807, 2.05) is 42.7 Å². The minimum atomic E-state index is 0.689. The van der Waals surface area contributed by atoms with Crippen molar-refractivity contribution in [2.75, 3.05) is 6.61 Å². The molecule has 1 aliphatic carbocycles. The zero-order valence-electron chi connectivity index (χ0n) is 12.2. The maximum absolute atomic E-state index is 5.74. The Hall–Kier alpha value is -1.94. The quantitative estimate of drug-likeness (QED) is 0.757. The third-order valence-corrected chi connectivity index (χ3v) is 3.54. The molecule has 2 aromatic rings. The highest BCUT2D eigenvalue weighted by molar-refractivity contribution is 5.16. The molecule has 4 nitrogen and oxygen atoms in total. The Morgan fingerprint density at radius 3 is 2.81 bits per heavy atom. The van der Waals surface area contributed by atoms with E-state index in [0.717, 1.165) is 31.0 Å². The minimum absolute atomic E-state index is 0.689. The molecule has 0 radical (unpaired) electrons. The number of nitrogens with one attached hydrogen (secondary N) is 1. The number of pyridine rings is 2. The molecule has 0 amide bonds. The Morgan fingerprint density at radius 1 is 1.14 bits per heavy atom. The molecule has 1 aliphatic rings. The summed E-state index contributed by atoms with van der Waals surface area (Å²) in [4.78, 5) is 8.54. The molecular weight excluding hydrogens is 262 g/mol. The highest BCUT2D eigenvalue weighted by Gasteiger charge is 2.20. The molecule has 21 heavy (non-hydrogen) atoms. The van der Waals surface area contributed by atoms with Crippen LogP contribution in [0.15, 0.2) is 42.7 Å². The van der Waals surface area contributed by atoms with Gasteiger partial charge in [-0.2, -0.15) is 0 Å². The van der Waals surface area contributed by atoms with Gasteiger partial charge in [-0.3, -0.25) is 4.98 Å². The van der Waals surface area contributed by atoms with Gasteiger partial charge in [-0.05, 0) is 49.4 Å². The normalized spacial score (nSPS) is 14.1. The molecule has 0 bridgehead atoms. The molecule has 2 heterocycles. The van der Waals surface area contributed by atoms with Gasteiger partial charge in [-0.15, -0.1) is 0 Å². The fourth-order valence-electron chi connectivity index (χ4n) is 2.18. The van der Waals surface area contributed by atoms with E-state index >= 15 is 0 Å². The molecular formula is C17H21N3O. The first kappa shape index (κ1) is 14.0. The summed E-state index contributed by atoms with van der Waals surface area (Å²) in [5, 5.41) is 3.46. The van der Waals surface area contributed by atoms with E-state index in [9.17, 15) is 0 Å². The lowest BCUT2D eigenvalue weighted by Crippen LogP contribution is -2.16. The van der Waals surface area contributed by atoms with Crippen LogP contribution in [0.3, 0.4) is 0 Å². The highest BCUT2D eigenvalue weighted by atomic mass is 16.5. The molecule has 1 saturated carbocycles. The number of nitrogens with zero attached hydrogens (tertiary/aromatic N) is 2. The van der Waals surface area contributed by atoms with Crippen molar-refractivity contribution < 1.29 is 4.74 Å². The molecule has 110 valence electrons. The molecule has 1 N–H and O–H groups in total. The summed E-state index contributed by atoms with van der Waals surface area (Å²) in [6, 6.07) is 10.8. The molecule has 0 aliphatic heterocycles. The van der Waals surface area contributed by atoms with E-state index in [0.29, 0.717) is 12.6 Å². The fraction of sp³-hybridized carbons (Fsp3) is 0.412. The number of hydrogen-bond acceptors (Lipinski definition) is 4. The van der Waals surface area contributed by atoms with Crippen molar-refractivity contribution in [1.29, 1.82) is 0 Å². The summed E-state index contributed by atoms with van der Waals surface area (Å²) in [7, 11) is 0. The van der Waals surface area contributed by atoms with Crippen LogP contribution >= 0.6 is 0 Å². The van der Waals surface area contributed by atoms with Gasteiger partial charge in [-0.1, -0.05) is 6.07 Å². The lowest BCUT2D eigenvalue weighted by molar-refractivity contribution is 0.298. The average molecular weight is 283 g/mol. The smallest absolute Gasteiger partial charge is 0.213 e. The predicted molar refractivity (Wildman–Crippen MR) is 82.2 cm³/mol. The molecule has 0 unspecified atom stereocenters. The second kappa shape index (κ2) is 7.18. The molecule has 0 atom stereocenters. The molecule has 3 rings (SSSR count). The number of aryl methyl sites for hydroxylation is 1. The summed E-state index contributed by atoms with van der Waals surface area (Å²) in [5.74, 6) is 0.722. The van der Waals surface area contributed by atoms with E-state index in [4.69, 9.17) is 4.74 Å². The van der Waals surface area contributed by atoms with Crippen LogP contribution in [0.2, 0.25) is 0 Å². The van der Waals surface area contributed by atoms with Crippen LogP contribution < -0.4 is 10.1 Å². The van der Waals surface area contributed by atoms with Crippen molar-refractivity contribution in [1.82, 2.24) is 15.3 Å². The summed E-state index contributed by atoms with van der Waals surface area (Å²) >= 11 is 0. The minimum Gasteiger partial charge on any atom is -0.478 e. The van der Waals surface area contributed by atoms with Gasteiger partial charge in [0.2, 0.25) is 5.88 Å². The highest BCUT2D eigenvalue weighted by Crippen LogP contribution is 2.19. The van der Waals surface area contributed by atoms with Gasteiger partial charge >= 0.3 is 0 Å². The number of rotatable bonds is 8. The number of hydrogen-bond donors (Lipinski definition) is 1. The van der Waals surface area contributed by atoms with Gasteiger partial charge in [0, 0.05) is 31.0 Å². The first-order chi connectivity index (χ1) is 10.4. The van der Waals surface area contributed by atoms with Gasteiger partial charge < -0.3 is 10.1 Å². The van der Waals surface area contributed by atoms with Crippen LogP contribution in [0.4, 0.5) is 0 Å². The lowest BCUT2D eigenvalue weighted by atomic mass is 10.1. The summed E-state index contributed by atoms with van der Waals surface area (Å²) < 4.78 is 5.74. The summed E-state index contributed by atoms with van der Waals surface area (Å²) in [6.45, 7) is 1.52. The Balaban J connectivity index is 1.41. The SMILES string of the molecule is c1cc(CNC2CC2)nc(OCCCc2ccncc2)c1. The van der Waals surface area contributed by atoms with Gasteiger partial charge in [0.15, 0.2) is 0 Å². The Bertz CT molecular complexity index is 555. The van der Waals surface area contributed by atoms with E-state index in [1.165, 1.54) is 18.4 Å². The molecule has 0 spiro atoms.